The molecule has 1 aliphatic heterocycles. The lowest BCUT2D eigenvalue weighted by molar-refractivity contribution is 0.273. The van der Waals surface area contributed by atoms with Crippen LogP contribution in [0.3, 0.4) is 0 Å². The second-order valence-electron chi connectivity index (χ2n) is 6.51. The number of nitrogens with one attached hydrogen (secondary N) is 1. The molecule has 1 saturated heterocycles. The van der Waals surface area contributed by atoms with Crippen LogP contribution in [0.1, 0.15) is 25.3 Å². The Morgan fingerprint density at radius 1 is 1.25 bits per heavy atom. The van der Waals surface area contributed by atoms with Gasteiger partial charge in [-0.25, -0.2) is 0 Å². The van der Waals surface area contributed by atoms with Crippen LogP contribution in [-0.2, 0) is 6.42 Å². The van der Waals surface area contributed by atoms with Gasteiger partial charge in [-0.1, -0.05) is 49.4 Å². The van der Waals surface area contributed by atoms with E-state index in [1.165, 1.54) is 35.7 Å². The van der Waals surface area contributed by atoms with Crippen LogP contribution >= 0.6 is 0 Å². The SMILES string of the molecule is CCN1CCCC1CN=C(N)NCCc1ccc2ccccc2c1. The Balaban J connectivity index is 1.47. The fraction of sp³-hybridized carbons (Fsp3) is 0.450. The maximum Gasteiger partial charge on any atom is 0.188 e. The number of hydrogen-bond donors (Lipinski definition) is 2. The zero-order valence-corrected chi connectivity index (χ0v) is 14.5. The Kier molecular flexibility index (Phi) is 5.70. The van der Waals surface area contributed by atoms with E-state index in [0.29, 0.717) is 12.0 Å². The predicted octanol–water partition coefficient (Wildman–Crippen LogP) is 2.77. The third-order valence-corrected chi connectivity index (χ3v) is 4.91. The van der Waals surface area contributed by atoms with E-state index in [-0.39, 0.29) is 0 Å². The fourth-order valence-electron chi connectivity index (χ4n) is 3.51. The molecule has 1 unspecified atom stereocenters. The van der Waals surface area contributed by atoms with Crippen molar-refractivity contribution in [2.75, 3.05) is 26.2 Å². The highest BCUT2D eigenvalue weighted by Crippen LogP contribution is 2.17. The van der Waals surface area contributed by atoms with E-state index in [4.69, 9.17) is 5.73 Å². The molecule has 1 fully saturated rings. The van der Waals surface area contributed by atoms with Gasteiger partial charge in [-0.2, -0.15) is 0 Å². The molecule has 2 aromatic carbocycles. The zero-order chi connectivity index (χ0) is 16.8. The Morgan fingerprint density at radius 3 is 2.92 bits per heavy atom. The van der Waals surface area contributed by atoms with E-state index in [2.05, 4.69) is 64.6 Å². The van der Waals surface area contributed by atoms with Crippen LogP contribution in [0.5, 0.6) is 0 Å². The van der Waals surface area contributed by atoms with Gasteiger partial charge < -0.3 is 11.1 Å². The standard InChI is InChI=1S/C20H28N4/c1-2-24-13-5-8-19(24)15-23-20(21)22-12-11-16-9-10-17-6-3-4-7-18(17)14-16/h3-4,6-7,9-10,14,19H,2,5,8,11-13,15H2,1H3,(H3,21,22,23). The fourth-order valence-corrected chi connectivity index (χ4v) is 3.51. The van der Waals surface area contributed by atoms with Crippen LogP contribution in [0.25, 0.3) is 10.8 Å². The topological polar surface area (TPSA) is 53.6 Å². The highest BCUT2D eigenvalue weighted by Gasteiger charge is 2.22. The van der Waals surface area contributed by atoms with Gasteiger partial charge in [0.2, 0.25) is 0 Å². The van der Waals surface area contributed by atoms with Gasteiger partial charge in [-0.3, -0.25) is 9.89 Å². The monoisotopic (exact) mass is 324 g/mol. The number of rotatable bonds is 6. The first kappa shape index (κ1) is 16.8. The molecular weight excluding hydrogens is 296 g/mol. The van der Waals surface area contributed by atoms with Crippen molar-refractivity contribution in [3.05, 3.63) is 48.0 Å². The second kappa shape index (κ2) is 8.15. The average Bonchev–Trinajstić information content (AvgIpc) is 3.07. The van der Waals surface area contributed by atoms with Gasteiger partial charge in [0.25, 0.3) is 0 Å². The van der Waals surface area contributed by atoms with E-state index in [9.17, 15) is 0 Å². The second-order valence-corrected chi connectivity index (χ2v) is 6.51. The van der Waals surface area contributed by atoms with Crippen molar-refractivity contribution in [2.24, 2.45) is 10.7 Å². The molecule has 2 aromatic rings. The molecular formula is C20H28N4. The lowest BCUT2D eigenvalue weighted by Gasteiger charge is -2.20. The summed E-state index contributed by atoms with van der Waals surface area (Å²) in [5.74, 6) is 0.568. The van der Waals surface area contributed by atoms with Crippen molar-refractivity contribution in [1.29, 1.82) is 0 Å². The lowest BCUT2D eigenvalue weighted by Crippen LogP contribution is -2.36. The summed E-state index contributed by atoms with van der Waals surface area (Å²) < 4.78 is 0. The largest absolute Gasteiger partial charge is 0.370 e. The van der Waals surface area contributed by atoms with Gasteiger partial charge >= 0.3 is 0 Å². The first-order valence-corrected chi connectivity index (χ1v) is 9.02. The Hall–Kier alpha value is -2.07. The number of likely N-dealkylation sites (tertiary alicyclic amines) is 1. The number of likely N-dealkylation sites (N-methyl/N-ethyl adjacent to an activating group) is 1. The molecule has 128 valence electrons. The molecule has 0 aliphatic carbocycles. The molecule has 0 amide bonds. The van der Waals surface area contributed by atoms with E-state index >= 15 is 0 Å². The van der Waals surface area contributed by atoms with Crippen LogP contribution in [0.2, 0.25) is 0 Å². The Labute approximate surface area is 144 Å². The predicted molar refractivity (Wildman–Crippen MR) is 102 cm³/mol. The van der Waals surface area contributed by atoms with E-state index in [0.717, 1.165) is 26.1 Å². The number of nitrogens with zero attached hydrogens (tertiary/aromatic N) is 2. The van der Waals surface area contributed by atoms with Crippen LogP contribution in [-0.4, -0.2) is 43.1 Å². The van der Waals surface area contributed by atoms with Crippen molar-refractivity contribution >= 4 is 16.7 Å². The molecule has 1 atom stereocenters. The first-order valence-electron chi connectivity index (χ1n) is 9.02. The molecule has 0 bridgehead atoms. The minimum absolute atomic E-state index is 0.566. The van der Waals surface area contributed by atoms with Crippen molar-refractivity contribution < 1.29 is 0 Å². The number of guanidine groups is 1. The summed E-state index contributed by atoms with van der Waals surface area (Å²) in [6.45, 7) is 6.15. The van der Waals surface area contributed by atoms with E-state index in [1.54, 1.807) is 0 Å². The maximum absolute atomic E-state index is 6.01. The minimum Gasteiger partial charge on any atom is -0.370 e. The molecule has 0 aromatic heterocycles. The van der Waals surface area contributed by atoms with Gasteiger partial charge in [0.1, 0.15) is 0 Å². The lowest BCUT2D eigenvalue weighted by atomic mass is 10.1. The van der Waals surface area contributed by atoms with Crippen LogP contribution < -0.4 is 11.1 Å². The number of hydrogen-bond acceptors (Lipinski definition) is 2. The summed E-state index contributed by atoms with van der Waals surface area (Å²) >= 11 is 0. The number of benzene rings is 2. The van der Waals surface area contributed by atoms with Crippen molar-refractivity contribution in [2.45, 2.75) is 32.2 Å². The summed E-state index contributed by atoms with van der Waals surface area (Å²) in [6.07, 6.45) is 3.47. The minimum atomic E-state index is 0.566. The number of aliphatic imine (C=N–C) groups is 1. The summed E-state index contributed by atoms with van der Waals surface area (Å²) in [5.41, 5.74) is 7.34. The summed E-state index contributed by atoms with van der Waals surface area (Å²) in [7, 11) is 0. The third-order valence-electron chi connectivity index (χ3n) is 4.91. The van der Waals surface area contributed by atoms with E-state index < -0.39 is 0 Å². The molecule has 1 aliphatic rings. The smallest absolute Gasteiger partial charge is 0.188 e. The summed E-state index contributed by atoms with van der Waals surface area (Å²) in [6, 6.07) is 15.6. The van der Waals surface area contributed by atoms with Gasteiger partial charge in [0.15, 0.2) is 5.96 Å². The van der Waals surface area contributed by atoms with Crippen molar-refractivity contribution in [1.82, 2.24) is 10.2 Å². The molecule has 0 spiro atoms. The van der Waals surface area contributed by atoms with Crippen LogP contribution in [0, 0.1) is 0 Å². The number of fused-ring (bicyclic) bond motifs is 1. The molecule has 3 N–H and O–H groups in total. The van der Waals surface area contributed by atoms with Crippen molar-refractivity contribution in [3.8, 4) is 0 Å². The number of nitrogens with two attached hydrogens (primary N) is 1. The molecule has 3 rings (SSSR count). The highest BCUT2D eigenvalue weighted by molar-refractivity contribution is 5.83. The quantitative estimate of drug-likeness (QED) is 0.634. The first-order chi connectivity index (χ1) is 11.8. The molecule has 0 saturated carbocycles. The van der Waals surface area contributed by atoms with Gasteiger partial charge in [0, 0.05) is 12.6 Å². The molecule has 4 nitrogen and oxygen atoms in total. The molecule has 0 radical (unpaired) electrons. The van der Waals surface area contributed by atoms with Crippen LogP contribution in [0.4, 0.5) is 0 Å². The molecule has 24 heavy (non-hydrogen) atoms. The molecule has 1 heterocycles. The maximum atomic E-state index is 6.01. The Bertz CT molecular complexity index is 695. The molecule has 4 heteroatoms. The Morgan fingerprint density at radius 2 is 2.08 bits per heavy atom. The normalized spacial score (nSPS) is 19.0. The van der Waals surface area contributed by atoms with Gasteiger partial charge in [-0.15, -0.1) is 0 Å². The third kappa shape index (κ3) is 4.26. The van der Waals surface area contributed by atoms with E-state index in [1.807, 2.05) is 0 Å². The van der Waals surface area contributed by atoms with Crippen molar-refractivity contribution in [3.63, 3.8) is 0 Å². The highest BCUT2D eigenvalue weighted by atomic mass is 15.2. The summed E-state index contributed by atoms with van der Waals surface area (Å²) in [5, 5.41) is 5.82. The summed E-state index contributed by atoms with van der Waals surface area (Å²) in [4.78, 5) is 7.02. The van der Waals surface area contributed by atoms with Gasteiger partial charge in [-0.05, 0) is 48.7 Å². The van der Waals surface area contributed by atoms with Gasteiger partial charge in [0.05, 0.1) is 6.54 Å². The van der Waals surface area contributed by atoms with Crippen LogP contribution in [0.15, 0.2) is 47.5 Å². The average molecular weight is 324 g/mol. The zero-order valence-electron chi connectivity index (χ0n) is 14.5.